The second kappa shape index (κ2) is 2.82. The lowest BCUT2D eigenvalue weighted by atomic mass is 10.0. The average molecular weight is 241 g/mol. The fourth-order valence-corrected chi connectivity index (χ4v) is 2.34. The van der Waals surface area contributed by atoms with Gasteiger partial charge in [-0.1, -0.05) is 40.5 Å². The third-order valence-corrected chi connectivity index (χ3v) is 3.55. The molecule has 0 aliphatic heterocycles. The van der Waals surface area contributed by atoms with Crippen molar-refractivity contribution in [3.63, 3.8) is 0 Å². The van der Waals surface area contributed by atoms with Crippen LogP contribution in [0.1, 0.15) is 24.5 Å². The molecule has 70 valence electrons. The Balaban J connectivity index is 2.46. The Kier molecular flexibility index (Phi) is 2.00. The lowest BCUT2D eigenvalue weighted by Crippen LogP contribution is -2.08. The van der Waals surface area contributed by atoms with Crippen LogP contribution >= 0.6 is 15.9 Å². The first-order chi connectivity index (χ1) is 6.04. The van der Waals surface area contributed by atoms with Crippen molar-refractivity contribution in [1.82, 2.24) is 0 Å². The first kappa shape index (κ1) is 9.22. The highest BCUT2D eigenvalue weighted by Crippen LogP contribution is 2.53. The third-order valence-electron chi connectivity index (χ3n) is 2.86. The van der Waals surface area contributed by atoms with Crippen molar-refractivity contribution in [2.24, 2.45) is 5.92 Å². The number of benzene rings is 1. The quantitative estimate of drug-likeness (QED) is 0.801. The molecule has 2 unspecified atom stereocenters. The number of rotatable bonds is 1. The van der Waals surface area contributed by atoms with Crippen molar-refractivity contribution in [3.05, 3.63) is 33.8 Å². The second-order valence-electron chi connectivity index (χ2n) is 4.01. The predicted molar refractivity (Wildman–Crippen MR) is 56.6 cm³/mol. The number of aryl methyl sites for hydroxylation is 1. The molecule has 1 saturated carbocycles. The molecule has 1 nitrogen and oxygen atoms in total. The van der Waals surface area contributed by atoms with E-state index in [4.69, 9.17) is 0 Å². The van der Waals surface area contributed by atoms with E-state index in [9.17, 15) is 5.11 Å². The Labute approximate surface area is 86.9 Å². The molecule has 13 heavy (non-hydrogen) atoms. The number of halogens is 1. The van der Waals surface area contributed by atoms with Crippen molar-refractivity contribution >= 4 is 15.9 Å². The van der Waals surface area contributed by atoms with Crippen LogP contribution in [0.15, 0.2) is 22.7 Å². The van der Waals surface area contributed by atoms with Gasteiger partial charge in [0.2, 0.25) is 0 Å². The maximum absolute atomic E-state index is 10.1. The average Bonchev–Trinajstić information content (AvgIpc) is 2.66. The van der Waals surface area contributed by atoms with Crippen LogP contribution in [-0.2, 0) is 5.60 Å². The highest BCUT2D eigenvalue weighted by molar-refractivity contribution is 9.10. The summed E-state index contributed by atoms with van der Waals surface area (Å²) >= 11 is 3.47. The van der Waals surface area contributed by atoms with Gasteiger partial charge in [-0.05, 0) is 30.9 Å². The fourth-order valence-electron chi connectivity index (χ4n) is 1.75. The first-order valence-electron chi connectivity index (χ1n) is 4.53. The van der Waals surface area contributed by atoms with E-state index in [-0.39, 0.29) is 0 Å². The van der Waals surface area contributed by atoms with Gasteiger partial charge in [-0.25, -0.2) is 0 Å². The van der Waals surface area contributed by atoms with E-state index < -0.39 is 5.60 Å². The van der Waals surface area contributed by atoms with Gasteiger partial charge in [-0.3, -0.25) is 0 Å². The smallest absolute Gasteiger partial charge is 0.0937 e. The summed E-state index contributed by atoms with van der Waals surface area (Å²) in [5, 5.41) is 10.1. The summed E-state index contributed by atoms with van der Waals surface area (Å²) in [5.41, 5.74) is 1.68. The van der Waals surface area contributed by atoms with Crippen molar-refractivity contribution in [1.29, 1.82) is 0 Å². The van der Waals surface area contributed by atoms with Crippen molar-refractivity contribution in [2.45, 2.75) is 25.9 Å². The van der Waals surface area contributed by atoms with E-state index in [1.54, 1.807) is 0 Å². The van der Waals surface area contributed by atoms with E-state index in [0.29, 0.717) is 5.92 Å². The van der Waals surface area contributed by atoms with Gasteiger partial charge in [-0.2, -0.15) is 0 Å². The number of hydrogen-bond acceptors (Lipinski definition) is 1. The molecule has 1 N–H and O–H groups in total. The molecule has 1 aliphatic carbocycles. The van der Waals surface area contributed by atoms with Crippen LogP contribution < -0.4 is 0 Å². The van der Waals surface area contributed by atoms with Crippen molar-refractivity contribution < 1.29 is 5.11 Å². The molecule has 2 rings (SSSR count). The molecule has 1 fully saturated rings. The minimum Gasteiger partial charge on any atom is -0.385 e. The Morgan fingerprint density at radius 3 is 2.69 bits per heavy atom. The summed E-state index contributed by atoms with van der Waals surface area (Å²) in [6, 6.07) is 6.12. The molecule has 1 aromatic carbocycles. The first-order valence-corrected chi connectivity index (χ1v) is 5.32. The van der Waals surface area contributed by atoms with Gasteiger partial charge >= 0.3 is 0 Å². The van der Waals surface area contributed by atoms with Crippen molar-refractivity contribution in [3.8, 4) is 0 Å². The van der Waals surface area contributed by atoms with Gasteiger partial charge in [0.1, 0.15) is 0 Å². The van der Waals surface area contributed by atoms with Gasteiger partial charge in [0.05, 0.1) is 5.60 Å². The highest BCUT2D eigenvalue weighted by Gasteiger charge is 2.51. The van der Waals surface area contributed by atoms with E-state index in [2.05, 4.69) is 28.9 Å². The normalized spacial score (nSPS) is 31.8. The second-order valence-corrected chi connectivity index (χ2v) is 4.87. The molecule has 2 heteroatoms. The molecule has 0 aromatic heterocycles. The Bertz CT molecular complexity index is 348. The standard InChI is InChI=1S/C11H13BrO/c1-7-3-4-10(12)9(5-7)11(13)6-8(11)2/h3-5,8,13H,6H2,1-2H3. The molecule has 0 heterocycles. The summed E-state index contributed by atoms with van der Waals surface area (Å²) in [6.07, 6.45) is 0.884. The molecule has 0 saturated heterocycles. The zero-order chi connectivity index (χ0) is 9.64. The SMILES string of the molecule is Cc1ccc(Br)c(C2(O)CC2C)c1. The minimum absolute atomic E-state index is 0.394. The summed E-state index contributed by atoms with van der Waals surface area (Å²) in [7, 11) is 0. The number of aliphatic hydroxyl groups is 1. The molecule has 0 radical (unpaired) electrons. The van der Waals surface area contributed by atoms with Crippen LogP contribution in [0, 0.1) is 12.8 Å². The predicted octanol–water partition coefficient (Wildman–Crippen LogP) is 2.98. The lowest BCUT2D eigenvalue weighted by Gasteiger charge is -2.12. The number of hydrogen-bond donors (Lipinski definition) is 1. The maximum Gasteiger partial charge on any atom is 0.0937 e. The summed E-state index contributed by atoms with van der Waals surface area (Å²) < 4.78 is 1.02. The van der Waals surface area contributed by atoms with E-state index in [0.717, 1.165) is 16.5 Å². The molecular formula is C11H13BrO. The van der Waals surface area contributed by atoms with E-state index >= 15 is 0 Å². The molecule has 0 bridgehead atoms. The van der Waals surface area contributed by atoms with Crippen LogP contribution in [-0.4, -0.2) is 5.11 Å². The lowest BCUT2D eigenvalue weighted by molar-refractivity contribution is 0.134. The van der Waals surface area contributed by atoms with Gasteiger partial charge in [0, 0.05) is 4.47 Å². The monoisotopic (exact) mass is 240 g/mol. The Morgan fingerprint density at radius 2 is 2.15 bits per heavy atom. The fraction of sp³-hybridized carbons (Fsp3) is 0.455. The highest BCUT2D eigenvalue weighted by atomic mass is 79.9. The van der Waals surface area contributed by atoms with Crippen LogP contribution in [0.25, 0.3) is 0 Å². The Hall–Kier alpha value is -0.340. The molecule has 2 atom stereocenters. The molecular weight excluding hydrogens is 228 g/mol. The van der Waals surface area contributed by atoms with Gasteiger partial charge in [0.15, 0.2) is 0 Å². The summed E-state index contributed by atoms with van der Waals surface area (Å²) in [5.74, 6) is 0.394. The van der Waals surface area contributed by atoms with Crippen LogP contribution in [0.2, 0.25) is 0 Å². The molecule has 0 amide bonds. The summed E-state index contributed by atoms with van der Waals surface area (Å²) in [6.45, 7) is 4.13. The van der Waals surface area contributed by atoms with E-state index in [1.807, 2.05) is 19.1 Å². The van der Waals surface area contributed by atoms with Gasteiger partial charge in [-0.15, -0.1) is 0 Å². The molecule has 0 spiro atoms. The molecule has 1 aliphatic rings. The zero-order valence-corrected chi connectivity index (χ0v) is 9.43. The van der Waals surface area contributed by atoms with Crippen LogP contribution in [0.4, 0.5) is 0 Å². The van der Waals surface area contributed by atoms with Gasteiger partial charge in [0.25, 0.3) is 0 Å². The maximum atomic E-state index is 10.1. The summed E-state index contributed by atoms with van der Waals surface area (Å²) in [4.78, 5) is 0. The van der Waals surface area contributed by atoms with Crippen LogP contribution in [0.3, 0.4) is 0 Å². The zero-order valence-electron chi connectivity index (χ0n) is 7.84. The van der Waals surface area contributed by atoms with Crippen molar-refractivity contribution in [2.75, 3.05) is 0 Å². The Morgan fingerprint density at radius 1 is 1.54 bits per heavy atom. The van der Waals surface area contributed by atoms with Crippen LogP contribution in [0.5, 0.6) is 0 Å². The molecule has 1 aromatic rings. The van der Waals surface area contributed by atoms with E-state index in [1.165, 1.54) is 5.56 Å². The topological polar surface area (TPSA) is 20.2 Å². The largest absolute Gasteiger partial charge is 0.385 e. The third kappa shape index (κ3) is 1.42. The van der Waals surface area contributed by atoms with Gasteiger partial charge < -0.3 is 5.11 Å². The minimum atomic E-state index is -0.565.